The van der Waals surface area contributed by atoms with Crippen molar-refractivity contribution in [2.75, 3.05) is 5.73 Å². The van der Waals surface area contributed by atoms with E-state index in [2.05, 4.69) is 0 Å². The Morgan fingerprint density at radius 2 is 1.92 bits per heavy atom. The van der Waals surface area contributed by atoms with Gasteiger partial charge in [-0.25, -0.2) is 0 Å². The van der Waals surface area contributed by atoms with Gasteiger partial charge in [-0.2, -0.15) is 8.42 Å². The molecule has 0 atom stereocenters. The minimum atomic E-state index is -4.14. The summed E-state index contributed by atoms with van der Waals surface area (Å²) in [5, 5.41) is 0. The van der Waals surface area contributed by atoms with E-state index < -0.39 is 10.1 Å². The number of benzene rings is 1. The van der Waals surface area contributed by atoms with Gasteiger partial charge < -0.3 is 5.73 Å². The molecule has 0 amide bonds. The topological polar surface area (TPSA) is 80.4 Å². The van der Waals surface area contributed by atoms with E-state index in [0.29, 0.717) is 11.3 Å². The van der Waals surface area contributed by atoms with Gasteiger partial charge >= 0.3 is 51.4 Å². The van der Waals surface area contributed by atoms with E-state index in [0.717, 1.165) is 0 Å². The van der Waals surface area contributed by atoms with Crippen LogP contribution in [0.3, 0.4) is 0 Å². The Morgan fingerprint density at radius 1 is 1.38 bits per heavy atom. The molecule has 1 rings (SSSR count). The van der Waals surface area contributed by atoms with Crippen molar-refractivity contribution in [2.45, 2.75) is 11.8 Å². The van der Waals surface area contributed by atoms with E-state index in [1.807, 2.05) is 0 Å². The number of hydrogen-bond donors (Lipinski definition) is 2. The first-order valence-corrected chi connectivity index (χ1v) is 4.69. The normalized spacial score (nSPS) is 10.6. The molecule has 6 heteroatoms. The SMILES string of the molecule is Cc1ccc(N)cc1S(=O)(=O)O.[KH]. The van der Waals surface area contributed by atoms with Gasteiger partial charge in [-0.3, -0.25) is 4.55 Å². The molecule has 1 aromatic rings. The molecule has 0 heterocycles. The fourth-order valence-corrected chi connectivity index (χ4v) is 1.65. The molecule has 4 nitrogen and oxygen atoms in total. The van der Waals surface area contributed by atoms with Crippen LogP contribution in [-0.2, 0) is 10.1 Å². The number of rotatable bonds is 1. The van der Waals surface area contributed by atoms with Crippen molar-refractivity contribution >= 4 is 67.2 Å². The average Bonchev–Trinajstić information content (AvgIpc) is 1.92. The third-order valence-corrected chi connectivity index (χ3v) is 2.49. The maximum absolute atomic E-state index is 10.7. The fraction of sp³-hybridized carbons (Fsp3) is 0.143. The predicted octanol–water partition coefficient (Wildman–Crippen LogP) is 0.175. The molecule has 0 aliphatic rings. The van der Waals surface area contributed by atoms with Gasteiger partial charge in [0.15, 0.2) is 0 Å². The second-order valence-electron chi connectivity index (χ2n) is 2.50. The summed E-state index contributed by atoms with van der Waals surface area (Å²) in [5.41, 5.74) is 6.14. The number of aryl methyl sites for hydroxylation is 1. The summed E-state index contributed by atoms with van der Waals surface area (Å²) < 4.78 is 30.1. The van der Waals surface area contributed by atoms with Crippen molar-refractivity contribution in [1.29, 1.82) is 0 Å². The molecule has 0 spiro atoms. The van der Waals surface area contributed by atoms with E-state index in [9.17, 15) is 8.42 Å². The Morgan fingerprint density at radius 3 is 2.31 bits per heavy atom. The molecule has 1 aromatic carbocycles. The van der Waals surface area contributed by atoms with Gasteiger partial charge in [-0.15, -0.1) is 0 Å². The fourth-order valence-electron chi connectivity index (χ4n) is 0.895. The van der Waals surface area contributed by atoms with Gasteiger partial charge in [0, 0.05) is 5.69 Å². The zero-order chi connectivity index (χ0) is 9.35. The zero-order valence-electron chi connectivity index (χ0n) is 6.48. The second-order valence-corrected chi connectivity index (χ2v) is 3.89. The third kappa shape index (κ3) is 3.66. The van der Waals surface area contributed by atoms with Crippen LogP contribution in [-0.4, -0.2) is 64.4 Å². The zero-order valence-corrected chi connectivity index (χ0v) is 7.30. The quantitative estimate of drug-likeness (QED) is 0.407. The van der Waals surface area contributed by atoms with Crippen LogP contribution in [0.15, 0.2) is 23.1 Å². The Kier molecular flexibility index (Phi) is 5.09. The molecule has 0 aromatic heterocycles. The van der Waals surface area contributed by atoms with Crippen LogP contribution in [0, 0.1) is 6.92 Å². The molecule has 0 saturated carbocycles. The van der Waals surface area contributed by atoms with E-state index >= 15 is 0 Å². The van der Waals surface area contributed by atoms with Crippen LogP contribution in [0.25, 0.3) is 0 Å². The van der Waals surface area contributed by atoms with E-state index in [4.69, 9.17) is 10.3 Å². The van der Waals surface area contributed by atoms with Gasteiger partial charge in [0.05, 0.1) is 4.90 Å². The summed E-state index contributed by atoms with van der Waals surface area (Å²) in [6, 6.07) is 4.34. The van der Waals surface area contributed by atoms with Crippen LogP contribution in [0.4, 0.5) is 5.69 Å². The Hall–Kier alpha value is 0.566. The maximum atomic E-state index is 10.7. The molecule has 13 heavy (non-hydrogen) atoms. The van der Waals surface area contributed by atoms with Crippen LogP contribution in [0.5, 0.6) is 0 Å². The molecule has 0 aliphatic heterocycles. The van der Waals surface area contributed by atoms with Crippen molar-refractivity contribution in [3.05, 3.63) is 23.8 Å². The molecule has 0 bridgehead atoms. The van der Waals surface area contributed by atoms with Crippen molar-refractivity contribution in [2.24, 2.45) is 0 Å². The van der Waals surface area contributed by atoms with Gasteiger partial charge in [0.25, 0.3) is 10.1 Å². The van der Waals surface area contributed by atoms with E-state index in [-0.39, 0.29) is 56.3 Å². The van der Waals surface area contributed by atoms with Gasteiger partial charge in [-0.05, 0) is 24.6 Å². The summed E-state index contributed by atoms with van der Waals surface area (Å²) in [4.78, 5) is -0.137. The summed E-state index contributed by atoms with van der Waals surface area (Å²) in [6.45, 7) is 1.59. The minimum absolute atomic E-state index is 0. The predicted molar refractivity (Wildman–Crippen MR) is 52.6 cm³/mol. The van der Waals surface area contributed by atoms with Crippen molar-refractivity contribution in [3.8, 4) is 0 Å². The second kappa shape index (κ2) is 4.88. The molecule has 68 valence electrons. The van der Waals surface area contributed by atoms with E-state index in [1.165, 1.54) is 6.07 Å². The first-order valence-electron chi connectivity index (χ1n) is 3.25. The van der Waals surface area contributed by atoms with Crippen molar-refractivity contribution in [3.63, 3.8) is 0 Å². The molecule has 0 unspecified atom stereocenters. The molecular weight excluding hydrogens is 217 g/mol. The third-order valence-electron chi connectivity index (χ3n) is 1.49. The first-order chi connectivity index (χ1) is 5.41. The molecule has 3 N–H and O–H groups in total. The Bertz CT molecular complexity index is 402. The Balaban J connectivity index is 0.00000144. The summed E-state index contributed by atoms with van der Waals surface area (Å²) >= 11 is 0. The van der Waals surface area contributed by atoms with Crippen LogP contribution in [0.2, 0.25) is 0 Å². The van der Waals surface area contributed by atoms with Crippen LogP contribution in [0.1, 0.15) is 5.56 Å². The first kappa shape index (κ1) is 13.6. The molecule has 0 aliphatic carbocycles. The van der Waals surface area contributed by atoms with E-state index in [1.54, 1.807) is 19.1 Å². The van der Waals surface area contributed by atoms with Gasteiger partial charge in [0.2, 0.25) is 0 Å². The Labute approximate surface area is 120 Å². The summed E-state index contributed by atoms with van der Waals surface area (Å²) in [5.74, 6) is 0. The molecular formula is C7H10KNO3S. The van der Waals surface area contributed by atoms with Gasteiger partial charge in [-0.1, -0.05) is 6.07 Å². The number of nitrogen functional groups attached to an aromatic ring is 1. The van der Waals surface area contributed by atoms with Crippen molar-refractivity contribution < 1.29 is 13.0 Å². The molecule has 0 radical (unpaired) electrons. The van der Waals surface area contributed by atoms with Crippen LogP contribution < -0.4 is 5.73 Å². The van der Waals surface area contributed by atoms with Crippen LogP contribution >= 0.6 is 0 Å². The molecule has 0 saturated heterocycles. The molecule has 0 fully saturated rings. The monoisotopic (exact) mass is 227 g/mol. The summed E-state index contributed by atoms with van der Waals surface area (Å²) in [6.07, 6.45) is 0. The number of hydrogen-bond acceptors (Lipinski definition) is 3. The number of nitrogens with two attached hydrogens (primary N) is 1. The van der Waals surface area contributed by atoms with Crippen molar-refractivity contribution in [1.82, 2.24) is 0 Å². The standard InChI is InChI=1S/C7H9NO3S.K.H/c1-5-2-3-6(8)4-7(5)12(9,10)11;;/h2-4H,8H2,1H3,(H,9,10,11);;. The average molecular weight is 227 g/mol. The number of anilines is 1. The summed E-state index contributed by atoms with van der Waals surface area (Å²) in [7, 11) is -4.14. The van der Waals surface area contributed by atoms with Gasteiger partial charge in [0.1, 0.15) is 0 Å².